The number of carbonyl (C=O) groups is 2. The number of aryl methyl sites for hydroxylation is 2. The van der Waals surface area contributed by atoms with Crippen LogP contribution >= 0.6 is 11.3 Å². The molecule has 146 valence electrons. The van der Waals surface area contributed by atoms with Crippen molar-refractivity contribution in [3.63, 3.8) is 0 Å². The molecule has 2 aromatic rings. The van der Waals surface area contributed by atoms with Crippen molar-refractivity contribution in [1.29, 1.82) is 0 Å². The Labute approximate surface area is 162 Å². The van der Waals surface area contributed by atoms with Crippen LogP contribution in [0.3, 0.4) is 0 Å². The number of rotatable bonds is 7. The molecule has 1 aromatic carbocycles. The van der Waals surface area contributed by atoms with Gasteiger partial charge in [0.1, 0.15) is 4.88 Å². The number of nitrogens with one attached hydrogen (secondary N) is 1. The fourth-order valence-corrected chi connectivity index (χ4v) is 3.85. The zero-order valence-corrected chi connectivity index (χ0v) is 16.9. The number of primary sulfonamides is 1. The van der Waals surface area contributed by atoms with Gasteiger partial charge in [0.25, 0.3) is 5.91 Å². The number of nitrogens with two attached hydrogens (primary N) is 1. The van der Waals surface area contributed by atoms with Gasteiger partial charge in [-0.3, -0.25) is 4.79 Å². The van der Waals surface area contributed by atoms with Gasteiger partial charge in [-0.15, -0.1) is 11.3 Å². The predicted octanol–water partition coefficient (Wildman–Crippen LogP) is 2.84. The molecule has 7 nitrogen and oxygen atoms in total. The van der Waals surface area contributed by atoms with E-state index in [1.807, 2.05) is 13.0 Å². The Balaban J connectivity index is 1.98. The molecule has 9 heteroatoms. The molecule has 0 aliphatic heterocycles. The van der Waals surface area contributed by atoms with Crippen LogP contribution in [0.5, 0.6) is 0 Å². The minimum absolute atomic E-state index is 0.0593. The summed E-state index contributed by atoms with van der Waals surface area (Å²) in [5.74, 6) is -1.06. The first-order valence-corrected chi connectivity index (χ1v) is 10.7. The molecule has 0 saturated heterocycles. The van der Waals surface area contributed by atoms with Gasteiger partial charge in [0.2, 0.25) is 10.0 Å². The fourth-order valence-electron chi connectivity index (χ4n) is 2.38. The van der Waals surface area contributed by atoms with E-state index in [-0.39, 0.29) is 4.90 Å². The summed E-state index contributed by atoms with van der Waals surface area (Å²) >= 11 is 1.35. The average molecular weight is 411 g/mol. The van der Waals surface area contributed by atoms with Crippen molar-refractivity contribution >= 4 is 38.9 Å². The molecule has 0 aliphatic rings. The van der Waals surface area contributed by atoms with E-state index >= 15 is 0 Å². The van der Waals surface area contributed by atoms with Crippen molar-refractivity contribution in [2.75, 3.05) is 5.32 Å². The Morgan fingerprint density at radius 1 is 1.26 bits per heavy atom. The highest BCUT2D eigenvalue weighted by Crippen LogP contribution is 2.24. The summed E-state index contributed by atoms with van der Waals surface area (Å²) in [7, 11) is -3.80. The van der Waals surface area contributed by atoms with Gasteiger partial charge in [-0.1, -0.05) is 13.3 Å². The number of sulfonamides is 1. The van der Waals surface area contributed by atoms with Crippen molar-refractivity contribution < 1.29 is 22.7 Å². The number of benzene rings is 1. The van der Waals surface area contributed by atoms with Crippen LogP contribution in [0.1, 0.15) is 40.4 Å². The molecular weight excluding hydrogens is 388 g/mol. The van der Waals surface area contributed by atoms with E-state index in [4.69, 9.17) is 9.88 Å². The van der Waals surface area contributed by atoms with Crippen LogP contribution in [0.4, 0.5) is 5.69 Å². The summed E-state index contributed by atoms with van der Waals surface area (Å²) in [6.07, 6.45) is 0.863. The Morgan fingerprint density at radius 2 is 1.89 bits per heavy atom. The third kappa shape index (κ3) is 5.62. The standard InChI is InChI=1S/C18H22N2O5S2/c1-4-5-13-10-16(26-12(13)3)18(22)25-11(2)17(21)20-14-6-8-15(9-7-14)27(19,23)24/h6-11H,4-5H2,1-3H3,(H,20,21)(H2,19,23,24)/t11-/m0/s1. The molecule has 2 rings (SSSR count). The predicted molar refractivity (Wildman–Crippen MR) is 104 cm³/mol. The lowest BCUT2D eigenvalue weighted by atomic mass is 10.1. The number of carbonyl (C=O) groups excluding carboxylic acids is 2. The Hall–Kier alpha value is -2.23. The Morgan fingerprint density at radius 3 is 2.44 bits per heavy atom. The van der Waals surface area contributed by atoms with Crippen LogP contribution in [0.15, 0.2) is 35.2 Å². The normalized spacial score (nSPS) is 12.4. The second-order valence-electron chi connectivity index (χ2n) is 6.05. The van der Waals surface area contributed by atoms with E-state index in [9.17, 15) is 18.0 Å². The number of ether oxygens (including phenoxy) is 1. The van der Waals surface area contributed by atoms with Crippen LogP contribution in [0.25, 0.3) is 0 Å². The second-order valence-corrected chi connectivity index (χ2v) is 8.87. The third-order valence-corrected chi connectivity index (χ3v) is 5.85. The number of amides is 1. The molecule has 0 aliphatic carbocycles. The molecule has 1 atom stereocenters. The van der Waals surface area contributed by atoms with Gasteiger partial charge in [0.05, 0.1) is 4.90 Å². The van der Waals surface area contributed by atoms with Crippen molar-refractivity contribution in [3.05, 3.63) is 45.6 Å². The lowest BCUT2D eigenvalue weighted by Crippen LogP contribution is -2.29. The summed E-state index contributed by atoms with van der Waals surface area (Å²) in [5, 5.41) is 7.59. The second kappa shape index (κ2) is 8.64. The highest BCUT2D eigenvalue weighted by atomic mass is 32.2. The molecule has 0 fully saturated rings. The summed E-state index contributed by atoms with van der Waals surface area (Å²) < 4.78 is 27.7. The quantitative estimate of drug-likeness (QED) is 0.681. The van der Waals surface area contributed by atoms with E-state index in [1.54, 1.807) is 0 Å². The van der Waals surface area contributed by atoms with Gasteiger partial charge in [-0.05, 0) is 56.2 Å². The summed E-state index contributed by atoms with van der Waals surface area (Å²) in [5.41, 5.74) is 1.48. The number of hydrogen-bond acceptors (Lipinski definition) is 6. The molecule has 1 heterocycles. The molecule has 0 bridgehead atoms. The molecule has 1 aromatic heterocycles. The summed E-state index contributed by atoms with van der Waals surface area (Å²) in [4.78, 5) is 25.9. The van der Waals surface area contributed by atoms with Gasteiger partial charge in [-0.2, -0.15) is 0 Å². The highest BCUT2D eigenvalue weighted by molar-refractivity contribution is 7.89. The van der Waals surface area contributed by atoms with Crippen molar-refractivity contribution in [2.24, 2.45) is 5.14 Å². The number of esters is 1. The molecule has 1 amide bonds. The first-order valence-electron chi connectivity index (χ1n) is 8.35. The van der Waals surface area contributed by atoms with Crippen LogP contribution in [-0.4, -0.2) is 26.4 Å². The van der Waals surface area contributed by atoms with E-state index in [0.29, 0.717) is 10.6 Å². The molecule has 0 radical (unpaired) electrons. The molecule has 3 N–H and O–H groups in total. The van der Waals surface area contributed by atoms with Gasteiger partial charge >= 0.3 is 5.97 Å². The minimum Gasteiger partial charge on any atom is -0.448 e. The minimum atomic E-state index is -3.80. The van der Waals surface area contributed by atoms with Gasteiger partial charge < -0.3 is 10.1 Å². The van der Waals surface area contributed by atoms with Crippen LogP contribution < -0.4 is 10.5 Å². The lowest BCUT2D eigenvalue weighted by Gasteiger charge is -2.13. The molecular formula is C18H22N2O5S2. The van der Waals surface area contributed by atoms with Gasteiger partial charge in [-0.25, -0.2) is 18.4 Å². The maximum Gasteiger partial charge on any atom is 0.349 e. The first kappa shape index (κ1) is 21.1. The molecule has 0 unspecified atom stereocenters. The number of hydrogen-bond donors (Lipinski definition) is 2. The SMILES string of the molecule is CCCc1cc(C(=O)O[C@@H](C)C(=O)Nc2ccc(S(N)(=O)=O)cc2)sc1C. The molecule has 0 saturated carbocycles. The summed E-state index contributed by atoms with van der Waals surface area (Å²) in [6.45, 7) is 5.49. The maximum atomic E-state index is 12.3. The van der Waals surface area contributed by atoms with Crippen molar-refractivity contribution in [3.8, 4) is 0 Å². The maximum absolute atomic E-state index is 12.3. The van der Waals surface area contributed by atoms with Crippen LogP contribution in [0, 0.1) is 6.92 Å². The number of anilines is 1. The molecule has 27 heavy (non-hydrogen) atoms. The Kier molecular flexibility index (Phi) is 6.74. The van der Waals surface area contributed by atoms with Crippen LogP contribution in [-0.2, 0) is 26.0 Å². The topological polar surface area (TPSA) is 116 Å². The molecule has 0 spiro atoms. The van der Waals surface area contributed by atoms with Crippen LogP contribution in [0.2, 0.25) is 0 Å². The van der Waals surface area contributed by atoms with Crippen molar-refractivity contribution in [1.82, 2.24) is 0 Å². The van der Waals surface area contributed by atoms with E-state index < -0.39 is 28.0 Å². The van der Waals surface area contributed by atoms with Gasteiger partial charge in [0, 0.05) is 10.6 Å². The largest absolute Gasteiger partial charge is 0.448 e. The number of thiophene rings is 1. The lowest BCUT2D eigenvalue weighted by molar-refractivity contribution is -0.123. The van der Waals surface area contributed by atoms with E-state index in [2.05, 4.69) is 12.2 Å². The van der Waals surface area contributed by atoms with E-state index in [0.717, 1.165) is 23.3 Å². The average Bonchev–Trinajstić information content (AvgIpc) is 2.96. The zero-order chi connectivity index (χ0) is 20.2. The monoisotopic (exact) mass is 410 g/mol. The smallest absolute Gasteiger partial charge is 0.349 e. The zero-order valence-electron chi connectivity index (χ0n) is 15.3. The highest BCUT2D eigenvalue weighted by Gasteiger charge is 2.21. The van der Waals surface area contributed by atoms with Gasteiger partial charge in [0.15, 0.2) is 6.10 Å². The van der Waals surface area contributed by atoms with E-state index in [1.165, 1.54) is 42.5 Å². The fraction of sp³-hybridized carbons (Fsp3) is 0.333. The first-order chi connectivity index (χ1) is 12.6. The third-order valence-electron chi connectivity index (χ3n) is 3.84. The summed E-state index contributed by atoms with van der Waals surface area (Å²) in [6, 6.07) is 7.19. The van der Waals surface area contributed by atoms with Crippen molar-refractivity contribution in [2.45, 2.75) is 44.6 Å². The Bertz CT molecular complexity index is 933.